The number of nitrogens with zero attached hydrogens (tertiary/aromatic N) is 2. The molecule has 0 fully saturated rings. The van der Waals surface area contributed by atoms with Crippen molar-refractivity contribution in [3.05, 3.63) is 39.7 Å². The van der Waals surface area contributed by atoms with E-state index >= 15 is 0 Å². The Hall–Kier alpha value is -1.84. The molecule has 0 saturated heterocycles. The summed E-state index contributed by atoms with van der Waals surface area (Å²) < 4.78 is 26.5. The number of hydrogen-bond acceptors (Lipinski definition) is 4. The third kappa shape index (κ3) is 2.37. The van der Waals surface area contributed by atoms with E-state index in [1.54, 1.807) is 0 Å². The second-order valence-corrected chi connectivity index (χ2v) is 4.64. The molecule has 2 aromatic rings. The SMILES string of the molecule is N#Cc1sc(CCN)nc1-c1ccc(F)cc1F. The number of hydrogen-bond donors (Lipinski definition) is 1. The van der Waals surface area contributed by atoms with Gasteiger partial charge in [0.2, 0.25) is 0 Å². The van der Waals surface area contributed by atoms with Gasteiger partial charge in [0.05, 0.1) is 5.01 Å². The maximum absolute atomic E-state index is 13.6. The van der Waals surface area contributed by atoms with Crippen molar-refractivity contribution in [2.75, 3.05) is 6.54 Å². The van der Waals surface area contributed by atoms with Gasteiger partial charge in [0.25, 0.3) is 0 Å². The van der Waals surface area contributed by atoms with Crippen LogP contribution in [0.25, 0.3) is 11.3 Å². The van der Waals surface area contributed by atoms with Gasteiger partial charge in [-0.2, -0.15) is 5.26 Å². The number of rotatable bonds is 3. The van der Waals surface area contributed by atoms with Crippen molar-refractivity contribution in [2.45, 2.75) is 6.42 Å². The molecule has 0 aliphatic rings. The highest BCUT2D eigenvalue weighted by Crippen LogP contribution is 2.30. The van der Waals surface area contributed by atoms with Crippen molar-refractivity contribution in [1.29, 1.82) is 5.26 Å². The Morgan fingerprint density at radius 2 is 2.17 bits per heavy atom. The van der Waals surface area contributed by atoms with E-state index in [0.29, 0.717) is 22.9 Å². The summed E-state index contributed by atoms with van der Waals surface area (Å²) in [5.74, 6) is -1.39. The summed E-state index contributed by atoms with van der Waals surface area (Å²) in [4.78, 5) is 4.49. The molecule has 2 rings (SSSR count). The summed E-state index contributed by atoms with van der Waals surface area (Å²) in [6.07, 6.45) is 0.530. The quantitative estimate of drug-likeness (QED) is 0.927. The predicted octanol–water partition coefficient (Wildman–Crippen LogP) is 2.46. The smallest absolute Gasteiger partial charge is 0.135 e. The van der Waals surface area contributed by atoms with E-state index in [4.69, 9.17) is 11.0 Å². The lowest BCUT2D eigenvalue weighted by Gasteiger charge is -1.99. The Morgan fingerprint density at radius 3 is 2.78 bits per heavy atom. The number of thiazole rings is 1. The fourth-order valence-corrected chi connectivity index (χ4v) is 2.43. The molecule has 0 amide bonds. The molecule has 0 atom stereocenters. The summed E-state index contributed by atoms with van der Waals surface area (Å²) in [7, 11) is 0. The first-order chi connectivity index (χ1) is 8.65. The largest absolute Gasteiger partial charge is 0.330 e. The molecule has 0 bridgehead atoms. The maximum Gasteiger partial charge on any atom is 0.135 e. The molecule has 0 spiro atoms. The Labute approximate surface area is 107 Å². The third-order valence-electron chi connectivity index (χ3n) is 2.32. The maximum atomic E-state index is 13.6. The standard InChI is InChI=1S/C12H9F2N3S/c13-7-1-2-8(9(14)5-7)12-10(6-16)18-11(17-12)3-4-15/h1-2,5H,3-4,15H2. The van der Waals surface area contributed by atoms with Crippen LogP contribution in [0.3, 0.4) is 0 Å². The topological polar surface area (TPSA) is 62.7 Å². The van der Waals surface area contributed by atoms with Crippen LogP contribution in [0.15, 0.2) is 18.2 Å². The summed E-state index contributed by atoms with van der Waals surface area (Å²) in [6.45, 7) is 0.406. The monoisotopic (exact) mass is 265 g/mol. The minimum atomic E-state index is -0.726. The Balaban J connectivity index is 2.52. The normalized spacial score (nSPS) is 10.3. The summed E-state index contributed by atoms with van der Waals surface area (Å²) in [5, 5.41) is 9.67. The minimum absolute atomic E-state index is 0.132. The lowest BCUT2D eigenvalue weighted by atomic mass is 10.1. The van der Waals surface area contributed by atoms with E-state index in [2.05, 4.69) is 4.98 Å². The second kappa shape index (κ2) is 5.21. The fraction of sp³-hybridized carbons (Fsp3) is 0.167. The molecule has 0 unspecified atom stereocenters. The fourth-order valence-electron chi connectivity index (χ4n) is 1.53. The Morgan fingerprint density at radius 1 is 1.39 bits per heavy atom. The highest BCUT2D eigenvalue weighted by molar-refractivity contribution is 7.12. The first kappa shape index (κ1) is 12.6. The van der Waals surface area contributed by atoms with Crippen molar-refractivity contribution in [2.24, 2.45) is 5.73 Å². The lowest BCUT2D eigenvalue weighted by Crippen LogP contribution is -2.02. The van der Waals surface area contributed by atoms with Gasteiger partial charge in [-0.05, 0) is 18.7 Å². The molecule has 0 saturated carbocycles. The van der Waals surface area contributed by atoms with Crippen molar-refractivity contribution in [3.63, 3.8) is 0 Å². The van der Waals surface area contributed by atoms with Crippen LogP contribution in [-0.2, 0) is 6.42 Å². The van der Waals surface area contributed by atoms with Crippen molar-refractivity contribution >= 4 is 11.3 Å². The van der Waals surface area contributed by atoms with Crippen molar-refractivity contribution < 1.29 is 8.78 Å². The van der Waals surface area contributed by atoms with Gasteiger partial charge in [0.15, 0.2) is 0 Å². The number of benzene rings is 1. The van der Waals surface area contributed by atoms with Crippen molar-refractivity contribution in [3.8, 4) is 17.3 Å². The molecule has 0 radical (unpaired) electrons. The molecule has 0 aliphatic carbocycles. The first-order valence-corrected chi connectivity index (χ1v) is 6.02. The molecular formula is C12H9F2N3S. The van der Waals surface area contributed by atoms with Gasteiger partial charge < -0.3 is 5.73 Å². The number of halogens is 2. The molecule has 2 N–H and O–H groups in total. The molecule has 18 heavy (non-hydrogen) atoms. The lowest BCUT2D eigenvalue weighted by molar-refractivity contribution is 0.585. The van der Waals surface area contributed by atoms with E-state index in [9.17, 15) is 8.78 Å². The highest BCUT2D eigenvalue weighted by Gasteiger charge is 2.16. The van der Waals surface area contributed by atoms with E-state index in [1.807, 2.05) is 6.07 Å². The first-order valence-electron chi connectivity index (χ1n) is 5.21. The average molecular weight is 265 g/mol. The van der Waals surface area contributed by atoms with E-state index < -0.39 is 11.6 Å². The molecule has 1 heterocycles. The predicted molar refractivity (Wildman–Crippen MR) is 64.9 cm³/mol. The summed E-state index contributed by atoms with van der Waals surface area (Å²) in [5.41, 5.74) is 5.79. The summed E-state index contributed by atoms with van der Waals surface area (Å²) in [6, 6.07) is 5.17. The number of aromatic nitrogens is 1. The zero-order valence-corrected chi connectivity index (χ0v) is 10.1. The number of nitrogens with two attached hydrogens (primary N) is 1. The molecular weight excluding hydrogens is 256 g/mol. The van der Waals surface area contributed by atoms with Crippen LogP contribution in [0.4, 0.5) is 8.78 Å². The highest BCUT2D eigenvalue weighted by atomic mass is 32.1. The molecule has 3 nitrogen and oxygen atoms in total. The van der Waals surface area contributed by atoms with Gasteiger partial charge in [-0.3, -0.25) is 0 Å². The van der Waals surface area contributed by atoms with Gasteiger partial charge in [-0.1, -0.05) is 0 Å². The van der Waals surface area contributed by atoms with Crippen LogP contribution in [0, 0.1) is 23.0 Å². The van der Waals surface area contributed by atoms with Crippen LogP contribution in [0.2, 0.25) is 0 Å². The van der Waals surface area contributed by atoms with Gasteiger partial charge in [-0.15, -0.1) is 11.3 Å². The molecule has 1 aromatic carbocycles. The zero-order valence-electron chi connectivity index (χ0n) is 9.28. The third-order valence-corrected chi connectivity index (χ3v) is 3.34. The van der Waals surface area contributed by atoms with Crippen molar-refractivity contribution in [1.82, 2.24) is 4.98 Å². The average Bonchev–Trinajstić information content (AvgIpc) is 2.72. The van der Waals surface area contributed by atoms with Crippen LogP contribution >= 0.6 is 11.3 Å². The Kier molecular flexibility index (Phi) is 3.65. The molecule has 1 aromatic heterocycles. The van der Waals surface area contributed by atoms with Gasteiger partial charge >= 0.3 is 0 Å². The number of nitriles is 1. The van der Waals surface area contributed by atoms with Crippen LogP contribution < -0.4 is 5.73 Å². The molecule has 6 heteroatoms. The van der Waals surface area contributed by atoms with Gasteiger partial charge in [-0.25, -0.2) is 13.8 Å². The van der Waals surface area contributed by atoms with E-state index in [-0.39, 0.29) is 11.3 Å². The van der Waals surface area contributed by atoms with Gasteiger partial charge in [0, 0.05) is 18.1 Å². The van der Waals surface area contributed by atoms with E-state index in [1.165, 1.54) is 17.4 Å². The van der Waals surface area contributed by atoms with E-state index in [0.717, 1.165) is 12.1 Å². The van der Waals surface area contributed by atoms with Crippen LogP contribution in [0.5, 0.6) is 0 Å². The van der Waals surface area contributed by atoms with Gasteiger partial charge in [0.1, 0.15) is 28.3 Å². The van der Waals surface area contributed by atoms with Crippen LogP contribution in [0.1, 0.15) is 9.88 Å². The second-order valence-electron chi connectivity index (χ2n) is 3.56. The minimum Gasteiger partial charge on any atom is -0.330 e. The molecule has 0 aliphatic heterocycles. The summed E-state index contributed by atoms with van der Waals surface area (Å²) >= 11 is 1.18. The zero-order chi connectivity index (χ0) is 13.1. The molecule has 92 valence electrons. The Bertz CT molecular complexity index is 616. The van der Waals surface area contributed by atoms with Crippen LogP contribution in [-0.4, -0.2) is 11.5 Å².